The van der Waals surface area contributed by atoms with Crippen molar-refractivity contribution in [3.63, 3.8) is 0 Å². The van der Waals surface area contributed by atoms with Crippen molar-refractivity contribution >= 4 is 17.3 Å². The number of anilines is 3. The van der Waals surface area contributed by atoms with Gasteiger partial charge in [-0.3, -0.25) is 0 Å². The summed E-state index contributed by atoms with van der Waals surface area (Å²) in [6.45, 7) is 1.68. The molecule has 104 valence electrons. The van der Waals surface area contributed by atoms with Crippen molar-refractivity contribution in [2.75, 3.05) is 22.6 Å². The highest BCUT2D eigenvalue weighted by Gasteiger charge is 2.44. The minimum Gasteiger partial charge on any atom is -0.394 e. The van der Waals surface area contributed by atoms with E-state index in [1.54, 1.807) is 4.90 Å². The first kappa shape index (κ1) is 12.4. The van der Waals surface area contributed by atoms with Crippen molar-refractivity contribution in [3.05, 3.63) is 6.33 Å². The molecule has 0 radical (unpaired) electrons. The summed E-state index contributed by atoms with van der Waals surface area (Å²) < 4.78 is 19.6. The Morgan fingerprint density at radius 1 is 1.63 bits per heavy atom. The van der Waals surface area contributed by atoms with Gasteiger partial charge in [-0.05, 0) is 6.92 Å². The lowest BCUT2D eigenvalue weighted by Gasteiger charge is -2.30. The molecule has 2 unspecified atom stereocenters. The smallest absolute Gasteiger partial charge is 0.165 e. The first-order valence-corrected chi connectivity index (χ1v) is 6.17. The minimum absolute atomic E-state index is 0.181. The maximum absolute atomic E-state index is 14.1. The number of nitrogens with one attached hydrogen (secondary N) is 1. The number of nitrogen functional groups attached to an aromatic ring is 1. The van der Waals surface area contributed by atoms with Crippen molar-refractivity contribution in [1.82, 2.24) is 9.97 Å². The summed E-state index contributed by atoms with van der Waals surface area (Å²) in [6.07, 6.45) is -1.10. The van der Waals surface area contributed by atoms with Crippen LogP contribution in [0.1, 0.15) is 13.3 Å². The molecule has 7 nitrogen and oxygen atoms in total. The Bertz CT molecular complexity index is 488. The Balaban J connectivity index is 1.92. The molecule has 4 N–H and O–H groups in total. The first-order chi connectivity index (χ1) is 9.11. The lowest BCUT2D eigenvalue weighted by Crippen LogP contribution is -2.46. The zero-order chi connectivity index (χ0) is 13.6. The van der Waals surface area contributed by atoms with Crippen molar-refractivity contribution < 1.29 is 14.2 Å². The van der Waals surface area contributed by atoms with Gasteiger partial charge >= 0.3 is 0 Å². The molecule has 1 fully saturated rings. The Labute approximate surface area is 109 Å². The monoisotopic (exact) mass is 269 g/mol. The molecule has 19 heavy (non-hydrogen) atoms. The number of alkyl halides is 1. The summed E-state index contributed by atoms with van der Waals surface area (Å²) in [5.74, 6) is 0.859. The van der Waals surface area contributed by atoms with Crippen LogP contribution in [0.4, 0.5) is 21.7 Å². The molecule has 8 heteroatoms. The number of halogens is 1. The van der Waals surface area contributed by atoms with Gasteiger partial charge in [-0.1, -0.05) is 0 Å². The van der Waals surface area contributed by atoms with Crippen LogP contribution in [-0.2, 0) is 4.74 Å². The number of rotatable bonds is 2. The van der Waals surface area contributed by atoms with E-state index in [9.17, 15) is 4.39 Å². The Morgan fingerprint density at radius 2 is 2.42 bits per heavy atom. The fourth-order valence-corrected chi connectivity index (χ4v) is 2.59. The molecule has 3 rings (SSSR count). The Morgan fingerprint density at radius 3 is 3.11 bits per heavy atom. The fourth-order valence-electron chi connectivity index (χ4n) is 2.59. The second-order valence-corrected chi connectivity index (χ2v) is 4.77. The largest absolute Gasteiger partial charge is 0.394 e. The summed E-state index contributed by atoms with van der Waals surface area (Å²) in [5.41, 5.74) is 6.36. The second-order valence-electron chi connectivity index (χ2n) is 4.77. The average Bonchev–Trinajstić information content (AvgIpc) is 2.90. The van der Waals surface area contributed by atoms with Crippen LogP contribution in [0.5, 0.6) is 0 Å². The average molecular weight is 269 g/mol. The van der Waals surface area contributed by atoms with E-state index in [1.165, 1.54) is 6.33 Å². The zero-order valence-electron chi connectivity index (χ0n) is 10.5. The molecule has 2 aliphatic heterocycles. The van der Waals surface area contributed by atoms with E-state index in [0.29, 0.717) is 17.3 Å². The Hall–Kier alpha value is -1.67. The number of hydrogen-bond donors (Lipinski definition) is 3. The first-order valence-electron chi connectivity index (χ1n) is 6.17. The van der Waals surface area contributed by atoms with Gasteiger partial charge in [-0.25, -0.2) is 14.4 Å². The van der Waals surface area contributed by atoms with Gasteiger partial charge < -0.3 is 25.8 Å². The van der Waals surface area contributed by atoms with E-state index in [4.69, 9.17) is 15.6 Å². The fraction of sp³-hybridized carbons (Fsp3) is 0.636. The maximum Gasteiger partial charge on any atom is 0.165 e. The van der Waals surface area contributed by atoms with Gasteiger partial charge in [0, 0.05) is 6.42 Å². The van der Waals surface area contributed by atoms with Gasteiger partial charge in [0.1, 0.15) is 24.4 Å². The third-order valence-electron chi connectivity index (χ3n) is 3.48. The van der Waals surface area contributed by atoms with Crippen LogP contribution in [0.2, 0.25) is 0 Å². The molecule has 2 aliphatic rings. The molecule has 0 amide bonds. The number of aliphatic hydroxyl groups is 1. The van der Waals surface area contributed by atoms with Crippen LogP contribution in [0, 0.1) is 0 Å². The molecule has 0 aromatic carbocycles. The molecular formula is C11H16FN5O2. The lowest BCUT2D eigenvalue weighted by molar-refractivity contribution is -0.00124. The summed E-state index contributed by atoms with van der Waals surface area (Å²) in [4.78, 5) is 9.75. The van der Waals surface area contributed by atoms with E-state index in [0.717, 1.165) is 0 Å². The quantitative estimate of drug-likeness (QED) is 0.699. The summed E-state index contributed by atoms with van der Waals surface area (Å²) in [5, 5.41) is 12.2. The predicted molar refractivity (Wildman–Crippen MR) is 67.3 cm³/mol. The number of aromatic nitrogens is 2. The van der Waals surface area contributed by atoms with Gasteiger partial charge in [-0.15, -0.1) is 0 Å². The van der Waals surface area contributed by atoms with Crippen LogP contribution in [0.3, 0.4) is 0 Å². The standard InChI is InChI=1S/C11H16FN5O2/c1-5-16-8-9(13)14-4-15-10(8)17(5)11-7(12)2-6(3-18)19-11/h4-7,11,16,18H,2-3H2,1H3,(H2,13,14,15)/t5?,6-,7?,11+/m0/s1. The van der Waals surface area contributed by atoms with Crippen molar-refractivity contribution in [2.24, 2.45) is 0 Å². The molecule has 0 bridgehead atoms. The predicted octanol–water partition coefficient (Wildman–Crippen LogP) is 0.0821. The van der Waals surface area contributed by atoms with Crippen LogP contribution < -0.4 is 16.0 Å². The van der Waals surface area contributed by atoms with Crippen molar-refractivity contribution in [3.8, 4) is 0 Å². The highest BCUT2D eigenvalue weighted by atomic mass is 19.1. The summed E-state index contributed by atoms with van der Waals surface area (Å²) >= 11 is 0. The van der Waals surface area contributed by atoms with Gasteiger partial charge in [0.2, 0.25) is 0 Å². The van der Waals surface area contributed by atoms with Crippen LogP contribution in [0.25, 0.3) is 0 Å². The van der Waals surface area contributed by atoms with E-state index < -0.39 is 18.5 Å². The van der Waals surface area contributed by atoms with Crippen molar-refractivity contribution in [1.29, 1.82) is 0 Å². The van der Waals surface area contributed by atoms with Gasteiger partial charge in [0.05, 0.1) is 12.7 Å². The molecule has 1 aromatic heterocycles. The SMILES string of the molecule is CC1Nc2c(N)ncnc2N1[C@@H]1O[C@H](CO)CC1F. The van der Waals surface area contributed by atoms with Crippen LogP contribution in [-0.4, -0.2) is 46.4 Å². The highest BCUT2D eigenvalue weighted by molar-refractivity contribution is 5.81. The molecule has 0 spiro atoms. The molecule has 1 saturated heterocycles. The van der Waals surface area contributed by atoms with E-state index >= 15 is 0 Å². The number of fused-ring (bicyclic) bond motifs is 1. The van der Waals surface area contributed by atoms with Crippen LogP contribution >= 0.6 is 0 Å². The topological polar surface area (TPSA) is 96.5 Å². The van der Waals surface area contributed by atoms with Gasteiger partial charge in [-0.2, -0.15) is 0 Å². The zero-order valence-corrected chi connectivity index (χ0v) is 10.5. The van der Waals surface area contributed by atoms with Gasteiger partial charge in [0.25, 0.3) is 0 Å². The van der Waals surface area contributed by atoms with E-state index in [2.05, 4.69) is 15.3 Å². The number of hydrogen-bond acceptors (Lipinski definition) is 7. The third kappa shape index (κ3) is 1.87. The summed E-state index contributed by atoms with van der Waals surface area (Å²) in [6, 6.07) is 0. The number of aliphatic hydroxyl groups excluding tert-OH is 1. The third-order valence-corrected chi connectivity index (χ3v) is 3.48. The number of nitrogens with zero attached hydrogens (tertiary/aromatic N) is 3. The van der Waals surface area contributed by atoms with Crippen molar-refractivity contribution in [2.45, 2.75) is 38.0 Å². The van der Waals surface area contributed by atoms with E-state index in [-0.39, 0.29) is 19.2 Å². The normalized spacial score (nSPS) is 33.3. The Kier molecular flexibility index (Phi) is 2.90. The highest BCUT2D eigenvalue weighted by Crippen LogP contribution is 2.40. The molecule has 0 aliphatic carbocycles. The summed E-state index contributed by atoms with van der Waals surface area (Å²) in [7, 11) is 0. The molecular weight excluding hydrogens is 253 g/mol. The number of ether oxygens (including phenoxy) is 1. The number of nitrogens with two attached hydrogens (primary N) is 1. The molecule has 1 aromatic rings. The van der Waals surface area contributed by atoms with Crippen LogP contribution in [0.15, 0.2) is 6.33 Å². The second kappa shape index (κ2) is 4.46. The molecule has 0 saturated carbocycles. The maximum atomic E-state index is 14.1. The van der Waals surface area contributed by atoms with Gasteiger partial charge in [0.15, 0.2) is 17.9 Å². The minimum atomic E-state index is -1.18. The molecule has 3 heterocycles. The van der Waals surface area contributed by atoms with E-state index in [1.807, 2.05) is 6.92 Å². The lowest BCUT2D eigenvalue weighted by atomic mass is 10.2. The molecule has 4 atom stereocenters.